The number of nitrogens with zero attached hydrogens (tertiary/aromatic N) is 2. The summed E-state index contributed by atoms with van der Waals surface area (Å²) in [5.74, 6) is 0.978. The molecule has 3 N–H and O–H groups in total. The summed E-state index contributed by atoms with van der Waals surface area (Å²) in [4.78, 5) is 9.72. The van der Waals surface area contributed by atoms with Crippen molar-refractivity contribution < 1.29 is 4.42 Å². The van der Waals surface area contributed by atoms with Crippen molar-refractivity contribution >= 4 is 47.0 Å². The van der Waals surface area contributed by atoms with Crippen LogP contribution in [0.5, 0.6) is 0 Å². The molecule has 0 bridgehead atoms. The van der Waals surface area contributed by atoms with Gasteiger partial charge in [-0.2, -0.15) is 0 Å². The summed E-state index contributed by atoms with van der Waals surface area (Å²) in [7, 11) is 0. The zero-order valence-electron chi connectivity index (χ0n) is 13.2. The zero-order valence-corrected chi connectivity index (χ0v) is 16.4. The van der Waals surface area contributed by atoms with E-state index >= 15 is 0 Å². The molecule has 1 aromatic carbocycles. The number of halogens is 1. The first-order valence-electron chi connectivity index (χ1n) is 7.38. The van der Waals surface area contributed by atoms with Gasteiger partial charge in [-0.05, 0) is 35.6 Å². The number of nitrogens with one attached hydrogen (secondary N) is 1. The van der Waals surface area contributed by atoms with Gasteiger partial charge in [0, 0.05) is 5.69 Å². The first-order valence-corrected chi connectivity index (χ1v) is 8.26. The van der Waals surface area contributed by atoms with E-state index in [4.69, 9.17) is 10.2 Å². The third-order valence-corrected chi connectivity index (χ3v) is 4.16. The fourth-order valence-electron chi connectivity index (χ4n) is 2.12. The number of aliphatic imine (C=N–C) groups is 1. The largest absolute Gasteiger partial charge is 0.443 e. The van der Waals surface area contributed by atoms with Crippen LogP contribution in [-0.4, -0.2) is 10.9 Å². The van der Waals surface area contributed by atoms with Crippen LogP contribution in [0.3, 0.4) is 0 Å². The van der Waals surface area contributed by atoms with Crippen molar-refractivity contribution in [1.29, 1.82) is 0 Å². The molecule has 0 unspecified atom stereocenters. The van der Waals surface area contributed by atoms with Crippen LogP contribution in [0.1, 0.15) is 18.2 Å². The van der Waals surface area contributed by atoms with Crippen LogP contribution in [0, 0.1) is 0 Å². The Morgan fingerprint density at radius 1 is 1.33 bits per heavy atom. The van der Waals surface area contributed by atoms with Crippen LogP contribution in [0.15, 0.2) is 57.5 Å². The molecular weight excluding hydrogens is 435 g/mol. The van der Waals surface area contributed by atoms with Crippen molar-refractivity contribution in [1.82, 2.24) is 4.98 Å². The summed E-state index contributed by atoms with van der Waals surface area (Å²) in [6.45, 7) is 2.49. The van der Waals surface area contributed by atoms with Crippen molar-refractivity contribution in [2.75, 3.05) is 5.32 Å². The molecule has 0 spiro atoms. The summed E-state index contributed by atoms with van der Waals surface area (Å²) in [6, 6.07) is 12.0. The molecule has 24 heavy (non-hydrogen) atoms. The second kappa shape index (κ2) is 8.84. The van der Waals surface area contributed by atoms with E-state index in [1.54, 1.807) is 17.6 Å². The normalized spacial score (nSPS) is 11.1. The summed E-state index contributed by atoms with van der Waals surface area (Å²) >= 11 is 1.59. The van der Waals surface area contributed by atoms with Gasteiger partial charge in [-0.3, -0.25) is 0 Å². The number of oxazole rings is 1. The number of thiophene rings is 1. The Bertz CT molecular complexity index is 799. The number of aromatic nitrogens is 1. The fourth-order valence-corrected chi connectivity index (χ4v) is 2.77. The first-order chi connectivity index (χ1) is 11.2. The van der Waals surface area contributed by atoms with Crippen LogP contribution in [-0.2, 0) is 13.0 Å². The van der Waals surface area contributed by atoms with Crippen molar-refractivity contribution in [2.24, 2.45) is 10.7 Å². The molecule has 0 atom stereocenters. The van der Waals surface area contributed by atoms with E-state index in [2.05, 4.69) is 34.3 Å². The number of anilines is 1. The van der Waals surface area contributed by atoms with Crippen LogP contribution < -0.4 is 11.1 Å². The second-order valence-corrected chi connectivity index (χ2v) is 5.95. The third kappa shape index (κ3) is 4.81. The van der Waals surface area contributed by atoms with Crippen LogP contribution in [0.25, 0.3) is 10.8 Å². The smallest absolute Gasteiger partial charge is 0.236 e. The maximum absolute atomic E-state index is 5.93. The summed E-state index contributed by atoms with van der Waals surface area (Å²) in [5, 5.41) is 5.08. The second-order valence-electron chi connectivity index (χ2n) is 5.00. The zero-order chi connectivity index (χ0) is 16.1. The first kappa shape index (κ1) is 18.5. The standard InChI is InChI=1S/C17H18N4OS.HI/c1-2-12-5-3-6-13(9-12)21-17(18)19-10-14-11-22-16(20-14)15-7-4-8-23-15;/h3-9,11H,2,10H2,1H3,(H3,18,19,21);1H. The van der Waals surface area contributed by atoms with E-state index in [0.29, 0.717) is 18.4 Å². The molecule has 0 fully saturated rings. The maximum atomic E-state index is 5.93. The maximum Gasteiger partial charge on any atom is 0.236 e. The highest BCUT2D eigenvalue weighted by atomic mass is 127. The van der Waals surface area contributed by atoms with Crippen molar-refractivity contribution in [3.8, 4) is 10.8 Å². The number of aryl methyl sites for hydroxylation is 1. The Balaban J connectivity index is 0.00000208. The molecule has 0 aliphatic rings. The van der Waals surface area contributed by atoms with Crippen molar-refractivity contribution in [3.63, 3.8) is 0 Å². The Kier molecular flexibility index (Phi) is 6.80. The van der Waals surface area contributed by atoms with Gasteiger partial charge < -0.3 is 15.5 Å². The molecule has 3 aromatic rings. The molecule has 0 saturated carbocycles. The van der Waals surface area contributed by atoms with E-state index in [9.17, 15) is 0 Å². The number of benzene rings is 1. The lowest BCUT2D eigenvalue weighted by Crippen LogP contribution is -2.22. The number of hydrogen-bond acceptors (Lipinski definition) is 4. The number of hydrogen-bond donors (Lipinski definition) is 2. The molecule has 0 amide bonds. The molecule has 0 radical (unpaired) electrons. The number of nitrogens with two attached hydrogens (primary N) is 1. The van der Waals surface area contributed by atoms with Gasteiger partial charge in [0.1, 0.15) is 12.0 Å². The molecular formula is C17H19IN4OS. The van der Waals surface area contributed by atoms with Crippen molar-refractivity contribution in [2.45, 2.75) is 19.9 Å². The molecule has 5 nitrogen and oxygen atoms in total. The molecule has 0 saturated heterocycles. The molecule has 2 aromatic heterocycles. The van der Waals surface area contributed by atoms with Gasteiger partial charge in [0.05, 0.1) is 11.4 Å². The van der Waals surface area contributed by atoms with Gasteiger partial charge in [-0.1, -0.05) is 25.1 Å². The topological polar surface area (TPSA) is 76.4 Å². The average molecular weight is 454 g/mol. The number of rotatable bonds is 5. The Hall–Kier alpha value is -1.87. The van der Waals surface area contributed by atoms with Gasteiger partial charge in [0.25, 0.3) is 0 Å². The van der Waals surface area contributed by atoms with E-state index in [0.717, 1.165) is 22.7 Å². The minimum absolute atomic E-state index is 0. The Morgan fingerprint density at radius 3 is 2.96 bits per heavy atom. The van der Waals surface area contributed by atoms with Gasteiger partial charge in [-0.15, -0.1) is 35.3 Å². The van der Waals surface area contributed by atoms with Crippen LogP contribution in [0.2, 0.25) is 0 Å². The van der Waals surface area contributed by atoms with Gasteiger partial charge >= 0.3 is 0 Å². The van der Waals surface area contributed by atoms with Crippen LogP contribution in [0.4, 0.5) is 5.69 Å². The number of guanidine groups is 1. The lowest BCUT2D eigenvalue weighted by molar-refractivity contribution is 0.574. The average Bonchev–Trinajstić information content (AvgIpc) is 3.24. The minimum atomic E-state index is 0. The van der Waals surface area contributed by atoms with Gasteiger partial charge in [-0.25, -0.2) is 9.98 Å². The SMILES string of the molecule is CCc1cccc(NC(N)=NCc2coc(-c3cccs3)n2)c1.I. The van der Waals surface area contributed by atoms with Crippen LogP contribution >= 0.6 is 35.3 Å². The van der Waals surface area contributed by atoms with Crippen molar-refractivity contribution in [3.05, 3.63) is 59.3 Å². The lowest BCUT2D eigenvalue weighted by Gasteiger charge is -2.06. The summed E-state index contributed by atoms with van der Waals surface area (Å²) in [6.07, 6.45) is 2.60. The predicted octanol–water partition coefficient (Wildman–Crippen LogP) is 4.51. The van der Waals surface area contributed by atoms with E-state index in [1.807, 2.05) is 29.6 Å². The Morgan fingerprint density at radius 2 is 2.21 bits per heavy atom. The fraction of sp³-hybridized carbons (Fsp3) is 0.176. The van der Waals surface area contributed by atoms with E-state index in [1.165, 1.54) is 5.56 Å². The quantitative estimate of drug-likeness (QED) is 0.338. The summed E-state index contributed by atoms with van der Waals surface area (Å²) < 4.78 is 5.46. The molecule has 0 aliphatic heterocycles. The highest BCUT2D eigenvalue weighted by Gasteiger charge is 2.07. The molecule has 0 aliphatic carbocycles. The third-order valence-electron chi connectivity index (χ3n) is 3.30. The lowest BCUT2D eigenvalue weighted by atomic mass is 10.1. The minimum Gasteiger partial charge on any atom is -0.443 e. The van der Waals surface area contributed by atoms with Gasteiger partial charge in [0.2, 0.25) is 5.89 Å². The monoisotopic (exact) mass is 454 g/mol. The predicted molar refractivity (Wildman–Crippen MR) is 110 cm³/mol. The summed E-state index contributed by atoms with van der Waals surface area (Å²) in [5.41, 5.74) is 8.86. The van der Waals surface area contributed by atoms with E-state index in [-0.39, 0.29) is 24.0 Å². The molecule has 7 heteroatoms. The highest BCUT2D eigenvalue weighted by molar-refractivity contribution is 14.0. The van der Waals surface area contributed by atoms with Gasteiger partial charge in [0.15, 0.2) is 5.96 Å². The molecule has 3 rings (SSSR count). The van der Waals surface area contributed by atoms with E-state index < -0.39 is 0 Å². The molecule has 126 valence electrons. The Labute approximate surface area is 162 Å². The highest BCUT2D eigenvalue weighted by Crippen LogP contribution is 2.23. The molecule has 2 heterocycles.